The predicted octanol–water partition coefficient (Wildman–Crippen LogP) is 2.02. The summed E-state index contributed by atoms with van der Waals surface area (Å²) >= 11 is 0. The van der Waals surface area contributed by atoms with Gasteiger partial charge in [0.1, 0.15) is 17.8 Å². The molecule has 124 valence electrons. The van der Waals surface area contributed by atoms with Crippen LogP contribution in [0.4, 0.5) is 0 Å². The second-order valence-electron chi connectivity index (χ2n) is 5.20. The first-order valence-electron chi connectivity index (χ1n) is 7.82. The van der Waals surface area contributed by atoms with Crippen LogP contribution in [0.15, 0.2) is 35.4 Å². The first kappa shape index (κ1) is 15.9. The summed E-state index contributed by atoms with van der Waals surface area (Å²) in [5.74, 6) is 1.56. The van der Waals surface area contributed by atoms with Gasteiger partial charge in [0.05, 0.1) is 5.56 Å². The number of nitrogens with zero attached hydrogens (tertiary/aromatic N) is 5. The third kappa shape index (κ3) is 3.32. The van der Waals surface area contributed by atoms with Crippen LogP contribution in [0.3, 0.4) is 0 Å². The number of pyridine rings is 1. The Morgan fingerprint density at radius 1 is 1.29 bits per heavy atom. The third-order valence-corrected chi connectivity index (χ3v) is 3.39. The monoisotopic (exact) mass is 326 g/mol. The van der Waals surface area contributed by atoms with Gasteiger partial charge in [0.2, 0.25) is 0 Å². The molecule has 8 nitrogen and oxygen atoms in total. The number of imidazole rings is 1. The van der Waals surface area contributed by atoms with Crippen LogP contribution in [0, 0.1) is 0 Å². The first-order chi connectivity index (χ1) is 11.7. The SMILES string of the molecule is CCCNC(=O)c1cn(-c2ccc(-c3nc(CC)no3)cn2)cn1. The van der Waals surface area contributed by atoms with E-state index in [1.54, 1.807) is 29.4 Å². The summed E-state index contributed by atoms with van der Waals surface area (Å²) in [5, 5.41) is 6.65. The number of rotatable bonds is 6. The van der Waals surface area contributed by atoms with Gasteiger partial charge in [0, 0.05) is 25.4 Å². The number of hydrogen-bond acceptors (Lipinski definition) is 6. The fourth-order valence-electron chi connectivity index (χ4n) is 2.07. The van der Waals surface area contributed by atoms with Gasteiger partial charge in [0.15, 0.2) is 5.82 Å². The van der Waals surface area contributed by atoms with Crippen molar-refractivity contribution in [1.29, 1.82) is 0 Å². The maximum atomic E-state index is 11.9. The van der Waals surface area contributed by atoms with Crippen molar-refractivity contribution < 1.29 is 9.32 Å². The molecule has 0 saturated carbocycles. The molecular weight excluding hydrogens is 308 g/mol. The van der Waals surface area contributed by atoms with Crippen molar-refractivity contribution in [3.8, 4) is 17.3 Å². The molecule has 0 aliphatic rings. The van der Waals surface area contributed by atoms with Gasteiger partial charge in [0.25, 0.3) is 11.8 Å². The Morgan fingerprint density at radius 3 is 2.83 bits per heavy atom. The molecule has 0 unspecified atom stereocenters. The zero-order chi connectivity index (χ0) is 16.9. The zero-order valence-corrected chi connectivity index (χ0v) is 13.6. The molecule has 3 rings (SSSR count). The molecule has 24 heavy (non-hydrogen) atoms. The molecule has 0 saturated heterocycles. The molecule has 1 N–H and O–H groups in total. The summed E-state index contributed by atoms with van der Waals surface area (Å²) in [6.07, 6.45) is 6.45. The van der Waals surface area contributed by atoms with Crippen molar-refractivity contribution in [3.63, 3.8) is 0 Å². The Morgan fingerprint density at radius 2 is 2.17 bits per heavy atom. The molecule has 0 atom stereocenters. The highest BCUT2D eigenvalue weighted by atomic mass is 16.5. The molecule has 3 aromatic rings. The van der Waals surface area contributed by atoms with Crippen molar-refractivity contribution >= 4 is 5.91 Å². The third-order valence-electron chi connectivity index (χ3n) is 3.39. The summed E-state index contributed by atoms with van der Waals surface area (Å²) < 4.78 is 6.88. The van der Waals surface area contributed by atoms with E-state index in [9.17, 15) is 4.79 Å². The molecule has 3 heterocycles. The summed E-state index contributed by atoms with van der Waals surface area (Å²) in [4.78, 5) is 24.6. The fourth-order valence-corrected chi connectivity index (χ4v) is 2.07. The molecule has 0 spiro atoms. The van der Waals surface area contributed by atoms with Gasteiger partial charge in [-0.25, -0.2) is 9.97 Å². The molecular formula is C16H18N6O2. The van der Waals surface area contributed by atoms with Crippen LogP contribution in [-0.4, -0.2) is 37.1 Å². The molecule has 8 heteroatoms. The Kier molecular flexibility index (Phi) is 4.64. The predicted molar refractivity (Wildman–Crippen MR) is 86.7 cm³/mol. The maximum Gasteiger partial charge on any atom is 0.271 e. The van der Waals surface area contributed by atoms with Crippen molar-refractivity contribution in [2.45, 2.75) is 26.7 Å². The number of carbonyl (C=O) groups is 1. The first-order valence-corrected chi connectivity index (χ1v) is 7.82. The van der Waals surface area contributed by atoms with Gasteiger partial charge in [-0.2, -0.15) is 4.98 Å². The highest BCUT2D eigenvalue weighted by Gasteiger charge is 2.11. The Labute approximate surface area is 138 Å². The highest BCUT2D eigenvalue weighted by Crippen LogP contribution is 2.17. The van der Waals surface area contributed by atoms with Crippen LogP contribution >= 0.6 is 0 Å². The standard InChI is InChI=1S/C16H18N6O2/c1-3-7-17-15(23)12-9-22(10-19-12)14-6-5-11(8-18-14)16-20-13(4-2)21-24-16/h5-6,8-10H,3-4,7H2,1-2H3,(H,17,23). The van der Waals surface area contributed by atoms with Gasteiger partial charge in [-0.05, 0) is 18.6 Å². The minimum Gasteiger partial charge on any atom is -0.351 e. The lowest BCUT2D eigenvalue weighted by Crippen LogP contribution is -2.24. The van der Waals surface area contributed by atoms with Crippen LogP contribution in [0.25, 0.3) is 17.3 Å². The van der Waals surface area contributed by atoms with Gasteiger partial charge >= 0.3 is 0 Å². The largest absolute Gasteiger partial charge is 0.351 e. The van der Waals surface area contributed by atoms with E-state index in [-0.39, 0.29) is 5.91 Å². The quantitative estimate of drug-likeness (QED) is 0.744. The van der Waals surface area contributed by atoms with Crippen LogP contribution in [0.1, 0.15) is 36.6 Å². The molecule has 0 bridgehead atoms. The molecule has 0 radical (unpaired) electrons. The Balaban J connectivity index is 1.76. The van der Waals surface area contributed by atoms with Gasteiger partial charge < -0.3 is 9.84 Å². The maximum absolute atomic E-state index is 11.9. The smallest absolute Gasteiger partial charge is 0.271 e. The number of carbonyl (C=O) groups excluding carboxylic acids is 1. The molecule has 0 aliphatic heterocycles. The van der Waals surface area contributed by atoms with Crippen molar-refractivity contribution in [3.05, 3.63) is 42.4 Å². The Hall–Kier alpha value is -3.03. The van der Waals surface area contributed by atoms with Gasteiger partial charge in [-0.1, -0.05) is 19.0 Å². The lowest BCUT2D eigenvalue weighted by molar-refractivity contribution is 0.0949. The molecule has 1 amide bonds. The summed E-state index contributed by atoms with van der Waals surface area (Å²) in [7, 11) is 0. The number of aromatic nitrogens is 5. The second-order valence-corrected chi connectivity index (χ2v) is 5.20. The highest BCUT2D eigenvalue weighted by molar-refractivity contribution is 5.92. The number of amides is 1. The van der Waals surface area contributed by atoms with E-state index < -0.39 is 0 Å². The summed E-state index contributed by atoms with van der Waals surface area (Å²) in [6, 6.07) is 3.65. The van der Waals surface area contributed by atoms with Crippen LogP contribution in [-0.2, 0) is 6.42 Å². The normalized spacial score (nSPS) is 10.8. The topological polar surface area (TPSA) is 98.7 Å². The van der Waals surface area contributed by atoms with Gasteiger partial charge in [-0.15, -0.1) is 0 Å². The number of aryl methyl sites for hydroxylation is 1. The number of nitrogens with one attached hydrogen (secondary N) is 1. The zero-order valence-electron chi connectivity index (χ0n) is 13.6. The van der Waals surface area contributed by atoms with E-state index in [0.717, 1.165) is 12.0 Å². The van der Waals surface area contributed by atoms with Gasteiger partial charge in [-0.3, -0.25) is 9.36 Å². The Bertz CT molecular complexity index is 821. The van der Waals surface area contributed by atoms with E-state index >= 15 is 0 Å². The van der Waals surface area contributed by atoms with Crippen LogP contribution < -0.4 is 5.32 Å². The average Bonchev–Trinajstić information content (AvgIpc) is 3.29. The molecule has 0 fully saturated rings. The van der Waals surface area contributed by atoms with E-state index in [4.69, 9.17) is 4.52 Å². The van der Waals surface area contributed by atoms with Crippen LogP contribution in [0.2, 0.25) is 0 Å². The lowest BCUT2D eigenvalue weighted by Gasteiger charge is -2.01. The van der Waals surface area contributed by atoms with E-state index in [0.29, 0.717) is 36.2 Å². The lowest BCUT2D eigenvalue weighted by atomic mass is 10.3. The minimum absolute atomic E-state index is 0.190. The molecule has 3 aromatic heterocycles. The fraction of sp³-hybridized carbons (Fsp3) is 0.312. The van der Waals surface area contributed by atoms with E-state index in [1.165, 1.54) is 0 Å². The number of hydrogen-bond donors (Lipinski definition) is 1. The molecule has 0 aromatic carbocycles. The van der Waals surface area contributed by atoms with Crippen LogP contribution in [0.5, 0.6) is 0 Å². The van der Waals surface area contributed by atoms with E-state index in [1.807, 2.05) is 19.9 Å². The van der Waals surface area contributed by atoms with E-state index in [2.05, 4.69) is 25.4 Å². The van der Waals surface area contributed by atoms with Crippen molar-refractivity contribution in [1.82, 2.24) is 30.0 Å². The van der Waals surface area contributed by atoms with Crippen molar-refractivity contribution in [2.75, 3.05) is 6.54 Å². The molecule has 0 aliphatic carbocycles. The minimum atomic E-state index is -0.190. The second kappa shape index (κ2) is 7.03. The average molecular weight is 326 g/mol. The van der Waals surface area contributed by atoms with Crippen molar-refractivity contribution in [2.24, 2.45) is 0 Å². The summed E-state index contributed by atoms with van der Waals surface area (Å²) in [6.45, 7) is 4.59. The summed E-state index contributed by atoms with van der Waals surface area (Å²) in [5.41, 5.74) is 1.10.